The largest absolute Gasteiger partial charge is 0.388 e. The van der Waals surface area contributed by atoms with Gasteiger partial charge in [0.25, 0.3) is 10.1 Å². The topological polar surface area (TPSA) is 110 Å². The third-order valence-corrected chi connectivity index (χ3v) is 10.9. The molecule has 2 fully saturated rings. The van der Waals surface area contributed by atoms with Crippen LogP contribution >= 0.6 is 0 Å². The highest BCUT2D eigenvalue weighted by atomic mass is 32.2. The molecule has 5 aromatic rings. The van der Waals surface area contributed by atoms with Crippen LogP contribution in [0.5, 0.6) is 0 Å². The molecule has 6 atom stereocenters. The van der Waals surface area contributed by atoms with E-state index >= 15 is 0 Å². The van der Waals surface area contributed by atoms with Gasteiger partial charge in [0.2, 0.25) is 0 Å². The van der Waals surface area contributed by atoms with Crippen LogP contribution < -0.4 is 0 Å². The molecule has 1 N–H and O–H groups in total. The van der Waals surface area contributed by atoms with Crippen molar-refractivity contribution in [2.75, 3.05) is 6.61 Å². The third kappa shape index (κ3) is 8.01. The fourth-order valence-electron chi connectivity index (χ4n) is 7.05. The van der Waals surface area contributed by atoms with Gasteiger partial charge >= 0.3 is 0 Å². The summed E-state index contributed by atoms with van der Waals surface area (Å²) < 4.78 is 65.7. The normalized spacial score (nSPS) is 22.3. The van der Waals surface area contributed by atoms with Gasteiger partial charge in [-0.15, -0.1) is 0 Å². The summed E-state index contributed by atoms with van der Waals surface area (Å²) in [4.78, 5) is -0.0209. The van der Waals surface area contributed by atoms with Crippen molar-refractivity contribution in [2.24, 2.45) is 0 Å². The second-order valence-corrected chi connectivity index (χ2v) is 15.4. The molecule has 0 amide bonds. The van der Waals surface area contributed by atoms with Crippen LogP contribution in [0, 0.1) is 6.92 Å². The molecule has 0 radical (unpaired) electrons. The highest BCUT2D eigenvalue weighted by Crippen LogP contribution is 2.44. The highest BCUT2D eigenvalue weighted by molar-refractivity contribution is 7.86. The first-order valence-electron chi connectivity index (χ1n) is 17.7. The van der Waals surface area contributed by atoms with Crippen molar-refractivity contribution < 1.29 is 41.4 Å². The zero-order chi connectivity index (χ0) is 37.1. The van der Waals surface area contributed by atoms with Crippen LogP contribution in [-0.4, -0.2) is 62.7 Å². The summed E-state index contributed by atoms with van der Waals surface area (Å²) in [5, 5.41) is 12.3. The van der Waals surface area contributed by atoms with Gasteiger partial charge < -0.3 is 28.8 Å². The predicted molar refractivity (Wildman–Crippen MR) is 198 cm³/mol. The maximum absolute atomic E-state index is 13.8. The fourth-order valence-corrected chi connectivity index (χ4v) is 8.14. The SMILES string of the molecule is Cc1ccc(S(=O)(=O)O[C@@H]2[C@H]3OC(C)(C)O[C@H]3O[C@@H]2[C@H](OCc2ccccc2)C(O)COC(c2ccccc2)(c2ccccc2)c2ccccc2)cc1. The molecule has 0 saturated carbocycles. The first-order chi connectivity index (χ1) is 25.6. The summed E-state index contributed by atoms with van der Waals surface area (Å²) in [6.45, 7) is 5.16. The second kappa shape index (κ2) is 15.6. The Labute approximate surface area is 311 Å². The zero-order valence-corrected chi connectivity index (χ0v) is 30.7. The minimum Gasteiger partial charge on any atom is -0.388 e. The van der Waals surface area contributed by atoms with Crippen LogP contribution in [0.2, 0.25) is 0 Å². The lowest BCUT2D eigenvalue weighted by atomic mass is 9.80. The van der Waals surface area contributed by atoms with Crippen LogP contribution in [0.1, 0.15) is 41.7 Å². The summed E-state index contributed by atoms with van der Waals surface area (Å²) in [6.07, 6.45) is -6.83. The van der Waals surface area contributed by atoms with E-state index in [0.717, 1.165) is 27.8 Å². The van der Waals surface area contributed by atoms with Crippen molar-refractivity contribution in [1.29, 1.82) is 0 Å². The molecular weight excluding hydrogens is 693 g/mol. The summed E-state index contributed by atoms with van der Waals surface area (Å²) in [7, 11) is -4.32. The van der Waals surface area contributed by atoms with E-state index < -0.39 is 58.3 Å². The highest BCUT2D eigenvalue weighted by Gasteiger charge is 2.60. The fraction of sp³-hybridized carbons (Fsp3) is 0.302. The lowest BCUT2D eigenvalue weighted by Gasteiger charge is -2.38. The van der Waals surface area contributed by atoms with E-state index in [1.54, 1.807) is 26.0 Å². The van der Waals surface area contributed by atoms with Crippen LogP contribution in [0.15, 0.2) is 150 Å². The van der Waals surface area contributed by atoms with Crippen molar-refractivity contribution in [2.45, 2.75) is 80.5 Å². The summed E-state index contributed by atoms with van der Waals surface area (Å²) in [6, 6.07) is 45.3. The van der Waals surface area contributed by atoms with E-state index in [-0.39, 0.29) is 18.1 Å². The molecular formula is C43H44O9S. The number of hydrogen-bond acceptors (Lipinski definition) is 9. The van der Waals surface area contributed by atoms with Gasteiger partial charge in [0.1, 0.15) is 36.1 Å². The number of aryl methyl sites for hydroxylation is 1. The molecule has 5 aromatic carbocycles. The molecule has 9 nitrogen and oxygen atoms in total. The van der Waals surface area contributed by atoms with E-state index in [4.69, 9.17) is 27.9 Å². The van der Waals surface area contributed by atoms with Gasteiger partial charge in [-0.25, -0.2) is 0 Å². The number of aliphatic hydroxyl groups excluding tert-OH is 1. The molecule has 0 spiro atoms. The zero-order valence-electron chi connectivity index (χ0n) is 29.9. The van der Waals surface area contributed by atoms with E-state index in [1.807, 2.05) is 128 Å². The Morgan fingerprint density at radius 3 is 1.77 bits per heavy atom. The van der Waals surface area contributed by atoms with Crippen molar-refractivity contribution >= 4 is 10.1 Å². The molecule has 10 heteroatoms. The lowest BCUT2D eigenvalue weighted by Crippen LogP contribution is -2.51. The Balaban J connectivity index is 1.26. The summed E-state index contributed by atoms with van der Waals surface area (Å²) in [5.74, 6) is -1.07. The van der Waals surface area contributed by atoms with Gasteiger partial charge in [0.15, 0.2) is 12.1 Å². The van der Waals surface area contributed by atoms with Gasteiger partial charge in [0.05, 0.1) is 18.1 Å². The van der Waals surface area contributed by atoms with Gasteiger partial charge in [-0.1, -0.05) is 139 Å². The first kappa shape index (κ1) is 37.1. The van der Waals surface area contributed by atoms with E-state index in [0.29, 0.717) is 0 Å². The molecule has 0 aliphatic carbocycles. The van der Waals surface area contributed by atoms with Crippen molar-refractivity contribution in [3.63, 3.8) is 0 Å². The number of hydrogen-bond donors (Lipinski definition) is 1. The van der Waals surface area contributed by atoms with Gasteiger partial charge in [-0.3, -0.25) is 4.18 Å². The van der Waals surface area contributed by atoms with E-state index in [2.05, 4.69) is 0 Å². The summed E-state index contributed by atoms with van der Waals surface area (Å²) in [5.41, 5.74) is 3.17. The van der Waals surface area contributed by atoms with Crippen LogP contribution in [-0.2, 0) is 50.2 Å². The van der Waals surface area contributed by atoms with Crippen molar-refractivity contribution in [3.8, 4) is 0 Å². The molecule has 2 heterocycles. The average Bonchev–Trinajstić information content (AvgIpc) is 3.65. The number of ether oxygens (including phenoxy) is 5. The Kier molecular flexibility index (Phi) is 10.9. The molecule has 2 saturated heterocycles. The first-order valence-corrected chi connectivity index (χ1v) is 19.1. The van der Waals surface area contributed by atoms with Crippen LogP contribution in [0.4, 0.5) is 0 Å². The molecule has 2 aliphatic rings. The molecule has 1 unspecified atom stereocenters. The van der Waals surface area contributed by atoms with Gasteiger partial charge in [-0.2, -0.15) is 8.42 Å². The minimum atomic E-state index is -4.32. The maximum Gasteiger partial charge on any atom is 0.297 e. The Hall–Kier alpha value is -4.23. The molecule has 7 rings (SSSR count). The van der Waals surface area contributed by atoms with Gasteiger partial charge in [0, 0.05) is 0 Å². The number of aliphatic hydroxyl groups is 1. The maximum atomic E-state index is 13.8. The molecule has 53 heavy (non-hydrogen) atoms. The molecule has 0 aromatic heterocycles. The van der Waals surface area contributed by atoms with Crippen molar-refractivity contribution in [1.82, 2.24) is 0 Å². The smallest absolute Gasteiger partial charge is 0.297 e. The Morgan fingerprint density at radius 2 is 1.25 bits per heavy atom. The molecule has 2 aliphatic heterocycles. The summed E-state index contributed by atoms with van der Waals surface area (Å²) >= 11 is 0. The third-order valence-electron chi connectivity index (χ3n) is 9.57. The van der Waals surface area contributed by atoms with E-state index in [1.165, 1.54) is 12.1 Å². The average molecular weight is 737 g/mol. The number of rotatable bonds is 14. The van der Waals surface area contributed by atoms with Crippen LogP contribution in [0.25, 0.3) is 0 Å². The monoisotopic (exact) mass is 736 g/mol. The molecule has 0 bridgehead atoms. The second-order valence-electron chi connectivity index (χ2n) is 13.8. The number of benzene rings is 5. The van der Waals surface area contributed by atoms with Crippen LogP contribution in [0.3, 0.4) is 0 Å². The lowest BCUT2D eigenvalue weighted by molar-refractivity contribution is -0.238. The van der Waals surface area contributed by atoms with Crippen molar-refractivity contribution in [3.05, 3.63) is 173 Å². The predicted octanol–water partition coefficient (Wildman–Crippen LogP) is 6.90. The Morgan fingerprint density at radius 1 is 0.736 bits per heavy atom. The molecule has 276 valence electrons. The standard InChI is InChI=1S/C43H44O9S/c1-30-24-26-35(27-25-30)53(45,46)52-39-38(49-41-40(39)50-42(2,3)51-41)37(47-28-31-16-8-4-9-17-31)36(44)29-48-43(32-18-10-5-11-19-32,33-20-12-6-13-21-33)34-22-14-7-15-23-34/h4-27,36-41,44H,28-29H2,1-3H3/t36?,37-,38-,39+,40-,41-/m1/s1. The Bertz CT molecular complexity index is 1930. The number of fused-ring (bicyclic) bond motifs is 1. The minimum absolute atomic E-state index is 0.0209. The van der Waals surface area contributed by atoms with Gasteiger partial charge in [-0.05, 0) is 55.2 Å². The quantitative estimate of drug-likeness (QED) is 0.0962. The van der Waals surface area contributed by atoms with E-state index in [9.17, 15) is 13.5 Å².